The third kappa shape index (κ3) is 2.26. The van der Waals surface area contributed by atoms with Crippen LogP contribution in [0, 0.1) is 0 Å². The second-order valence-corrected chi connectivity index (χ2v) is 4.65. The van der Waals surface area contributed by atoms with Crippen molar-refractivity contribution >= 4 is 23.2 Å². The van der Waals surface area contributed by atoms with Crippen LogP contribution in [0.2, 0.25) is 5.02 Å². The van der Waals surface area contributed by atoms with Gasteiger partial charge in [-0.2, -0.15) is 4.98 Å². The van der Waals surface area contributed by atoms with Gasteiger partial charge >= 0.3 is 0 Å². The van der Waals surface area contributed by atoms with Crippen LogP contribution in [0.15, 0.2) is 30.5 Å². The quantitative estimate of drug-likeness (QED) is 0.831. The topological polar surface area (TPSA) is 42.2 Å². The Kier molecular flexibility index (Phi) is 2.73. The van der Waals surface area contributed by atoms with Gasteiger partial charge < -0.3 is 5.32 Å². The number of nitrogens with zero attached hydrogens (tertiary/aromatic N) is 3. The second kappa shape index (κ2) is 4.37. The van der Waals surface area contributed by atoms with Gasteiger partial charge in [0.05, 0.1) is 5.02 Å². The third-order valence-electron chi connectivity index (χ3n) is 2.90. The molecule has 17 heavy (non-hydrogen) atoms. The van der Waals surface area contributed by atoms with Crippen LogP contribution < -0.4 is 5.32 Å². The van der Waals surface area contributed by atoms with Gasteiger partial charge in [-0.05, 0) is 31.4 Å². The molecule has 5 heteroatoms. The number of aromatic nitrogens is 3. The van der Waals surface area contributed by atoms with Crippen molar-refractivity contribution in [2.45, 2.75) is 25.3 Å². The van der Waals surface area contributed by atoms with E-state index in [0.29, 0.717) is 17.0 Å². The average Bonchev–Trinajstić information content (AvgIpc) is 2.71. The average molecular weight is 249 g/mol. The Balaban J connectivity index is 1.83. The van der Waals surface area contributed by atoms with Crippen LogP contribution in [0.5, 0.6) is 0 Å². The van der Waals surface area contributed by atoms with Gasteiger partial charge in [-0.15, -0.1) is 5.10 Å². The summed E-state index contributed by atoms with van der Waals surface area (Å²) in [6.45, 7) is 0. The summed E-state index contributed by atoms with van der Waals surface area (Å²) < 4.78 is 1.70. The molecule has 3 rings (SSSR count). The van der Waals surface area contributed by atoms with Crippen molar-refractivity contribution in [1.82, 2.24) is 14.6 Å². The zero-order chi connectivity index (χ0) is 11.7. The van der Waals surface area contributed by atoms with Crippen molar-refractivity contribution < 1.29 is 0 Å². The molecule has 1 unspecified atom stereocenters. The number of allylic oxidation sites excluding steroid dienone is 1. The number of hydrogen-bond acceptors (Lipinski definition) is 3. The molecule has 2 aromatic heterocycles. The summed E-state index contributed by atoms with van der Waals surface area (Å²) in [7, 11) is 0. The maximum atomic E-state index is 5.90. The lowest BCUT2D eigenvalue weighted by Crippen LogP contribution is -2.20. The van der Waals surface area contributed by atoms with E-state index >= 15 is 0 Å². The molecule has 0 spiro atoms. The molecule has 0 aliphatic heterocycles. The first-order valence-corrected chi connectivity index (χ1v) is 6.12. The second-order valence-electron chi connectivity index (χ2n) is 4.21. The van der Waals surface area contributed by atoms with Crippen molar-refractivity contribution in [3.63, 3.8) is 0 Å². The van der Waals surface area contributed by atoms with Gasteiger partial charge in [-0.25, -0.2) is 4.52 Å². The minimum atomic E-state index is 0.438. The molecule has 0 aromatic carbocycles. The lowest BCUT2D eigenvalue weighted by atomic mass is 10.0. The molecule has 2 aromatic rings. The molecular weight excluding hydrogens is 236 g/mol. The zero-order valence-electron chi connectivity index (χ0n) is 9.31. The molecule has 1 aliphatic rings. The standard InChI is InChI=1S/C12H13ClN4/c13-9-6-7-11-15-12(16-17(11)8-9)14-10-4-2-1-3-5-10/h1-2,6-8,10H,3-5H2,(H,14,16). The van der Waals surface area contributed by atoms with Crippen LogP contribution in [0.1, 0.15) is 19.3 Å². The molecule has 2 heterocycles. The van der Waals surface area contributed by atoms with Crippen molar-refractivity contribution in [1.29, 1.82) is 0 Å². The van der Waals surface area contributed by atoms with E-state index in [-0.39, 0.29) is 0 Å². The van der Waals surface area contributed by atoms with Crippen LogP contribution in [0.25, 0.3) is 5.65 Å². The lowest BCUT2D eigenvalue weighted by Gasteiger charge is -2.17. The molecule has 1 N–H and O–H groups in total. The van der Waals surface area contributed by atoms with Gasteiger partial charge in [-0.1, -0.05) is 23.8 Å². The van der Waals surface area contributed by atoms with Gasteiger partial charge in [0.15, 0.2) is 5.65 Å². The fourth-order valence-electron chi connectivity index (χ4n) is 2.03. The molecule has 1 atom stereocenters. The van der Waals surface area contributed by atoms with Crippen LogP contribution in [0.3, 0.4) is 0 Å². The van der Waals surface area contributed by atoms with Crippen molar-refractivity contribution in [2.24, 2.45) is 0 Å². The number of hydrogen-bond donors (Lipinski definition) is 1. The number of nitrogens with one attached hydrogen (secondary N) is 1. The predicted molar refractivity (Wildman–Crippen MR) is 68.4 cm³/mol. The molecule has 4 nitrogen and oxygen atoms in total. The van der Waals surface area contributed by atoms with Gasteiger partial charge in [-0.3, -0.25) is 0 Å². The number of halogens is 1. The maximum absolute atomic E-state index is 5.90. The molecule has 0 amide bonds. The van der Waals surface area contributed by atoms with Crippen LogP contribution >= 0.6 is 11.6 Å². The highest BCUT2D eigenvalue weighted by Crippen LogP contribution is 2.16. The highest BCUT2D eigenvalue weighted by molar-refractivity contribution is 6.30. The van der Waals surface area contributed by atoms with E-state index in [1.807, 2.05) is 12.1 Å². The Labute approximate surface area is 104 Å². The molecule has 1 aliphatic carbocycles. The summed E-state index contributed by atoms with van der Waals surface area (Å²) in [6, 6.07) is 4.12. The van der Waals surface area contributed by atoms with Crippen molar-refractivity contribution in [3.8, 4) is 0 Å². The van der Waals surface area contributed by atoms with E-state index < -0.39 is 0 Å². The molecule has 0 bridgehead atoms. The van der Waals surface area contributed by atoms with Crippen molar-refractivity contribution in [3.05, 3.63) is 35.5 Å². The maximum Gasteiger partial charge on any atom is 0.243 e. The first-order valence-electron chi connectivity index (χ1n) is 5.75. The first kappa shape index (κ1) is 10.6. The van der Waals surface area contributed by atoms with Crippen LogP contribution in [-0.4, -0.2) is 20.6 Å². The number of fused-ring (bicyclic) bond motifs is 1. The van der Waals surface area contributed by atoms with E-state index in [9.17, 15) is 0 Å². The minimum absolute atomic E-state index is 0.438. The van der Waals surface area contributed by atoms with E-state index in [4.69, 9.17) is 11.6 Å². The van der Waals surface area contributed by atoms with E-state index in [1.54, 1.807) is 10.7 Å². The molecular formula is C12H13ClN4. The Bertz CT molecular complexity index is 561. The number of pyridine rings is 1. The molecule has 0 fully saturated rings. The predicted octanol–water partition coefficient (Wildman–Crippen LogP) is 2.90. The van der Waals surface area contributed by atoms with Gasteiger partial charge in [0.25, 0.3) is 0 Å². The van der Waals surface area contributed by atoms with E-state index in [0.717, 1.165) is 24.9 Å². The third-order valence-corrected chi connectivity index (χ3v) is 3.12. The smallest absolute Gasteiger partial charge is 0.243 e. The SMILES string of the molecule is Clc1ccc2nc(NC3CC=CCC3)nn2c1. The van der Waals surface area contributed by atoms with Gasteiger partial charge in [0.1, 0.15) is 0 Å². The largest absolute Gasteiger partial charge is 0.350 e. The Morgan fingerprint density at radius 2 is 2.29 bits per heavy atom. The van der Waals surface area contributed by atoms with E-state index in [1.165, 1.54) is 0 Å². The Morgan fingerprint density at radius 3 is 3.12 bits per heavy atom. The van der Waals surface area contributed by atoms with Gasteiger partial charge in [0.2, 0.25) is 5.95 Å². The van der Waals surface area contributed by atoms with Crippen molar-refractivity contribution in [2.75, 3.05) is 5.32 Å². The first-order chi connectivity index (χ1) is 8.31. The Morgan fingerprint density at radius 1 is 1.35 bits per heavy atom. The summed E-state index contributed by atoms with van der Waals surface area (Å²) >= 11 is 5.90. The summed E-state index contributed by atoms with van der Waals surface area (Å²) in [5, 5.41) is 8.37. The fourth-order valence-corrected chi connectivity index (χ4v) is 2.18. The Hall–Kier alpha value is -1.55. The minimum Gasteiger partial charge on any atom is -0.350 e. The number of anilines is 1. The van der Waals surface area contributed by atoms with Crippen LogP contribution in [-0.2, 0) is 0 Å². The number of rotatable bonds is 2. The lowest BCUT2D eigenvalue weighted by molar-refractivity contribution is 0.639. The molecule has 0 saturated carbocycles. The zero-order valence-corrected chi connectivity index (χ0v) is 10.1. The normalized spacial score (nSPS) is 19.7. The molecule has 0 saturated heterocycles. The summed E-state index contributed by atoms with van der Waals surface area (Å²) in [5.41, 5.74) is 0.809. The fraction of sp³-hybridized carbons (Fsp3) is 0.333. The highest BCUT2D eigenvalue weighted by Gasteiger charge is 2.12. The van der Waals surface area contributed by atoms with E-state index in [2.05, 4.69) is 27.6 Å². The highest BCUT2D eigenvalue weighted by atomic mass is 35.5. The monoisotopic (exact) mass is 248 g/mol. The summed E-state index contributed by atoms with van der Waals surface area (Å²) in [4.78, 5) is 4.41. The van der Waals surface area contributed by atoms with Gasteiger partial charge in [0, 0.05) is 12.2 Å². The molecule has 0 radical (unpaired) electrons. The van der Waals surface area contributed by atoms with Crippen LogP contribution in [0.4, 0.5) is 5.95 Å². The molecule has 88 valence electrons. The summed E-state index contributed by atoms with van der Waals surface area (Å²) in [5.74, 6) is 0.674. The summed E-state index contributed by atoms with van der Waals surface area (Å²) in [6.07, 6.45) is 9.47.